The summed E-state index contributed by atoms with van der Waals surface area (Å²) in [5.41, 5.74) is 0.175. The van der Waals surface area contributed by atoms with E-state index >= 15 is 0 Å². The monoisotopic (exact) mass is 324 g/mol. The Hall–Kier alpha value is -2.38. The molecular weight excluding hydrogens is 309 g/mol. The highest BCUT2D eigenvalue weighted by Gasteiger charge is 2.37. The summed E-state index contributed by atoms with van der Waals surface area (Å²) in [5.74, 6) is -0.141. The third-order valence-electron chi connectivity index (χ3n) is 3.65. The quantitative estimate of drug-likeness (QED) is 0.920. The zero-order valence-electron chi connectivity index (χ0n) is 12.2. The van der Waals surface area contributed by atoms with E-state index in [0.717, 1.165) is 18.9 Å². The van der Waals surface area contributed by atoms with E-state index in [2.05, 4.69) is 15.4 Å². The highest BCUT2D eigenvalue weighted by Crippen LogP contribution is 2.42. The van der Waals surface area contributed by atoms with Crippen LogP contribution in [0.1, 0.15) is 40.5 Å². The van der Waals surface area contributed by atoms with Crippen molar-refractivity contribution in [2.24, 2.45) is 0 Å². The Balaban J connectivity index is 1.64. The van der Waals surface area contributed by atoms with Gasteiger partial charge in [-0.05, 0) is 31.0 Å². The molecule has 1 aliphatic carbocycles. The van der Waals surface area contributed by atoms with E-state index in [9.17, 15) is 18.0 Å². The predicted molar refractivity (Wildman–Crippen MR) is 75.8 cm³/mol. The van der Waals surface area contributed by atoms with E-state index in [1.165, 1.54) is 17.1 Å². The second-order valence-electron chi connectivity index (χ2n) is 5.44. The maximum absolute atomic E-state index is 12.8. The predicted octanol–water partition coefficient (Wildman–Crippen LogP) is 2.60. The molecule has 2 heterocycles. The van der Waals surface area contributed by atoms with Gasteiger partial charge in [-0.3, -0.25) is 14.5 Å². The lowest BCUT2D eigenvalue weighted by molar-refractivity contribution is -0.141. The molecule has 0 unspecified atom stereocenters. The summed E-state index contributed by atoms with van der Waals surface area (Å²) >= 11 is 0. The summed E-state index contributed by atoms with van der Waals surface area (Å²) in [4.78, 5) is 15.7. The Morgan fingerprint density at radius 1 is 1.30 bits per heavy atom. The fourth-order valence-corrected chi connectivity index (χ4v) is 2.34. The van der Waals surface area contributed by atoms with Crippen LogP contribution in [0.2, 0.25) is 0 Å². The molecule has 0 aromatic carbocycles. The van der Waals surface area contributed by atoms with Gasteiger partial charge < -0.3 is 5.32 Å². The van der Waals surface area contributed by atoms with Crippen molar-refractivity contribution in [2.45, 2.75) is 31.5 Å². The van der Waals surface area contributed by atoms with Crippen LogP contribution in [0.3, 0.4) is 0 Å². The molecule has 0 radical (unpaired) electrons. The van der Waals surface area contributed by atoms with Crippen molar-refractivity contribution in [1.82, 2.24) is 20.1 Å². The van der Waals surface area contributed by atoms with Crippen molar-refractivity contribution >= 4 is 5.91 Å². The van der Waals surface area contributed by atoms with Gasteiger partial charge in [0.15, 0.2) is 5.69 Å². The lowest BCUT2D eigenvalue weighted by Gasteiger charge is -2.08. The van der Waals surface area contributed by atoms with Gasteiger partial charge in [-0.25, -0.2) is 0 Å². The number of aromatic nitrogens is 3. The Bertz CT molecular complexity index is 692. The maximum atomic E-state index is 12.8. The third-order valence-corrected chi connectivity index (χ3v) is 3.65. The number of nitrogens with one attached hydrogen (secondary N) is 1. The van der Waals surface area contributed by atoms with Gasteiger partial charge in [-0.1, -0.05) is 0 Å². The molecule has 5 nitrogen and oxygen atoms in total. The van der Waals surface area contributed by atoms with E-state index in [1.54, 1.807) is 12.1 Å². The first-order valence-corrected chi connectivity index (χ1v) is 7.28. The minimum Gasteiger partial charge on any atom is -0.350 e. The summed E-state index contributed by atoms with van der Waals surface area (Å²) in [5, 5.41) is 6.32. The van der Waals surface area contributed by atoms with Gasteiger partial charge in [0.2, 0.25) is 0 Å². The SMILES string of the molecule is O=C(NCCn1nc(C(F)(F)F)cc1C1CC1)c1ccncc1. The van der Waals surface area contributed by atoms with Crippen LogP contribution in [0.25, 0.3) is 0 Å². The van der Waals surface area contributed by atoms with Crippen LogP contribution < -0.4 is 5.32 Å². The third kappa shape index (κ3) is 3.69. The van der Waals surface area contributed by atoms with Gasteiger partial charge in [0.05, 0.1) is 6.54 Å². The number of amides is 1. The molecule has 1 fully saturated rings. The first kappa shape index (κ1) is 15.5. The number of hydrogen-bond donors (Lipinski definition) is 1. The number of carbonyl (C=O) groups excluding carboxylic acids is 1. The summed E-state index contributed by atoms with van der Waals surface area (Å²) < 4.78 is 39.7. The number of pyridine rings is 1. The second-order valence-corrected chi connectivity index (χ2v) is 5.44. The Morgan fingerprint density at radius 3 is 2.61 bits per heavy atom. The fourth-order valence-electron chi connectivity index (χ4n) is 2.34. The summed E-state index contributed by atoms with van der Waals surface area (Å²) in [6.45, 7) is 0.415. The van der Waals surface area contributed by atoms with Crippen molar-refractivity contribution in [3.8, 4) is 0 Å². The van der Waals surface area contributed by atoms with Crippen molar-refractivity contribution in [1.29, 1.82) is 0 Å². The molecule has 1 amide bonds. The lowest BCUT2D eigenvalue weighted by atomic mass is 10.2. The molecule has 0 bridgehead atoms. The number of alkyl halides is 3. The minimum absolute atomic E-state index is 0.148. The maximum Gasteiger partial charge on any atom is 0.435 e. The van der Waals surface area contributed by atoms with Crippen molar-refractivity contribution in [3.05, 3.63) is 47.5 Å². The van der Waals surface area contributed by atoms with Crippen LogP contribution in [0.15, 0.2) is 30.6 Å². The standard InChI is InChI=1S/C15H15F3N4O/c16-15(17,18)13-9-12(10-1-2-10)22(21-13)8-7-20-14(23)11-3-5-19-6-4-11/h3-6,9-10H,1-2,7-8H2,(H,20,23). The molecule has 8 heteroatoms. The molecule has 3 rings (SSSR count). The molecule has 122 valence electrons. The lowest BCUT2D eigenvalue weighted by Crippen LogP contribution is -2.28. The second kappa shape index (κ2) is 6.02. The van der Waals surface area contributed by atoms with E-state index in [4.69, 9.17) is 0 Å². The van der Waals surface area contributed by atoms with Crippen molar-refractivity contribution in [2.75, 3.05) is 6.54 Å². The van der Waals surface area contributed by atoms with Gasteiger partial charge >= 0.3 is 6.18 Å². The molecular formula is C15H15F3N4O. The first-order chi connectivity index (χ1) is 10.9. The molecule has 0 aliphatic heterocycles. The van der Waals surface area contributed by atoms with Gasteiger partial charge in [-0.2, -0.15) is 18.3 Å². The molecule has 23 heavy (non-hydrogen) atoms. The van der Waals surface area contributed by atoms with Crippen LogP contribution in [0, 0.1) is 0 Å². The van der Waals surface area contributed by atoms with Crippen molar-refractivity contribution in [3.63, 3.8) is 0 Å². The summed E-state index contributed by atoms with van der Waals surface area (Å²) in [6.07, 6.45) is 0.320. The van der Waals surface area contributed by atoms with Crippen LogP contribution in [-0.4, -0.2) is 27.2 Å². The zero-order chi connectivity index (χ0) is 16.4. The highest BCUT2D eigenvalue weighted by molar-refractivity contribution is 5.93. The fraction of sp³-hybridized carbons (Fsp3) is 0.400. The number of halogens is 3. The van der Waals surface area contributed by atoms with Crippen LogP contribution in [0.5, 0.6) is 0 Å². The average molecular weight is 324 g/mol. The smallest absolute Gasteiger partial charge is 0.350 e. The highest BCUT2D eigenvalue weighted by atomic mass is 19.4. The molecule has 0 saturated heterocycles. The Kier molecular flexibility index (Phi) is 4.06. The molecule has 0 spiro atoms. The van der Waals surface area contributed by atoms with E-state index < -0.39 is 11.9 Å². The summed E-state index contributed by atoms with van der Waals surface area (Å²) in [6, 6.07) is 4.25. The minimum atomic E-state index is -4.45. The number of rotatable bonds is 5. The molecule has 2 aromatic heterocycles. The zero-order valence-corrected chi connectivity index (χ0v) is 12.2. The molecule has 1 aliphatic rings. The van der Waals surface area contributed by atoms with Crippen LogP contribution in [-0.2, 0) is 12.7 Å². The van der Waals surface area contributed by atoms with E-state index in [0.29, 0.717) is 11.3 Å². The Morgan fingerprint density at radius 2 is 2.00 bits per heavy atom. The van der Waals surface area contributed by atoms with Gasteiger partial charge in [0, 0.05) is 36.1 Å². The van der Waals surface area contributed by atoms with E-state index in [1.807, 2.05) is 0 Å². The Labute approximate surface area is 130 Å². The van der Waals surface area contributed by atoms with Gasteiger partial charge in [0.1, 0.15) is 0 Å². The van der Waals surface area contributed by atoms with Crippen molar-refractivity contribution < 1.29 is 18.0 Å². The summed E-state index contributed by atoms with van der Waals surface area (Å²) in [7, 11) is 0. The number of carbonyl (C=O) groups is 1. The largest absolute Gasteiger partial charge is 0.435 e. The molecule has 2 aromatic rings. The normalized spacial score (nSPS) is 14.7. The topological polar surface area (TPSA) is 59.8 Å². The number of hydrogen-bond acceptors (Lipinski definition) is 3. The van der Waals surface area contributed by atoms with Gasteiger partial charge in [0.25, 0.3) is 5.91 Å². The average Bonchev–Trinajstić information content (AvgIpc) is 3.27. The van der Waals surface area contributed by atoms with E-state index in [-0.39, 0.29) is 24.9 Å². The number of nitrogens with zero attached hydrogens (tertiary/aromatic N) is 3. The van der Waals surface area contributed by atoms with Crippen LogP contribution in [0.4, 0.5) is 13.2 Å². The molecule has 0 atom stereocenters. The molecule has 1 saturated carbocycles. The first-order valence-electron chi connectivity index (χ1n) is 7.28. The van der Waals surface area contributed by atoms with Crippen LogP contribution >= 0.6 is 0 Å². The molecule has 1 N–H and O–H groups in total. The van der Waals surface area contributed by atoms with Gasteiger partial charge in [-0.15, -0.1) is 0 Å².